The number of benzene rings is 1. The van der Waals surface area contributed by atoms with Gasteiger partial charge in [-0.05, 0) is 17.2 Å². The van der Waals surface area contributed by atoms with Crippen molar-refractivity contribution in [2.75, 3.05) is 0 Å². The highest BCUT2D eigenvalue weighted by atomic mass is 35.5. The number of halogens is 1. The Morgan fingerprint density at radius 2 is 2.12 bits per heavy atom. The van der Waals surface area contributed by atoms with Gasteiger partial charge in [0, 0.05) is 0 Å². The van der Waals surface area contributed by atoms with Gasteiger partial charge in [-0.1, -0.05) is 30.3 Å². The monoisotopic (exact) mass is 247 g/mol. The number of imidazole rings is 1. The summed E-state index contributed by atoms with van der Waals surface area (Å²) in [7, 11) is 0. The van der Waals surface area contributed by atoms with E-state index in [0.29, 0.717) is 12.3 Å². The van der Waals surface area contributed by atoms with Gasteiger partial charge in [-0.3, -0.25) is 0 Å². The topological polar surface area (TPSA) is 50.8 Å². The van der Waals surface area contributed by atoms with E-state index in [0.717, 1.165) is 5.56 Å². The summed E-state index contributed by atoms with van der Waals surface area (Å²) >= 11 is 5.86. The van der Waals surface area contributed by atoms with Crippen LogP contribution in [0.25, 0.3) is 0 Å². The Morgan fingerprint density at radius 1 is 1.35 bits per heavy atom. The molecule has 17 heavy (non-hydrogen) atoms. The molecule has 1 heterocycles. The quantitative estimate of drug-likeness (QED) is 0.833. The Labute approximate surface area is 104 Å². The van der Waals surface area contributed by atoms with Gasteiger partial charge in [-0.2, -0.15) is 9.99 Å². The third-order valence-electron chi connectivity index (χ3n) is 2.21. The first kappa shape index (κ1) is 11.5. The van der Waals surface area contributed by atoms with Crippen molar-refractivity contribution in [3.05, 3.63) is 53.1 Å². The third kappa shape index (κ3) is 2.77. The van der Waals surface area contributed by atoms with Crippen molar-refractivity contribution in [2.24, 2.45) is 0 Å². The molecule has 0 fully saturated rings. The Bertz CT molecular complexity index is 530. The third-order valence-corrected chi connectivity index (χ3v) is 2.46. The smallest absolute Gasteiger partial charge is 0.236 e. The molecule has 0 aliphatic heterocycles. The van der Waals surface area contributed by atoms with Crippen molar-refractivity contribution in [1.82, 2.24) is 9.71 Å². The van der Waals surface area contributed by atoms with E-state index >= 15 is 0 Å². The van der Waals surface area contributed by atoms with Crippen molar-refractivity contribution in [2.45, 2.75) is 13.0 Å². The predicted molar refractivity (Wildman–Crippen MR) is 63.3 cm³/mol. The van der Waals surface area contributed by atoms with Crippen LogP contribution in [0.2, 0.25) is 5.28 Å². The molecule has 5 heteroatoms. The normalized spacial score (nSPS) is 9.88. The molecular weight excluding hydrogens is 238 g/mol. The first-order chi connectivity index (χ1) is 8.31. The molecule has 0 atom stereocenters. The van der Waals surface area contributed by atoms with Crippen LogP contribution < -0.4 is 4.84 Å². The maximum absolute atomic E-state index is 8.65. The van der Waals surface area contributed by atoms with Crippen LogP contribution in [0.5, 0.6) is 0 Å². The Morgan fingerprint density at radius 3 is 2.82 bits per heavy atom. The summed E-state index contributed by atoms with van der Waals surface area (Å²) in [5, 5.41) is 8.88. The molecule has 86 valence electrons. The van der Waals surface area contributed by atoms with Gasteiger partial charge in [0.15, 0.2) is 0 Å². The summed E-state index contributed by atoms with van der Waals surface area (Å²) in [5.41, 5.74) is 1.67. The van der Waals surface area contributed by atoms with E-state index in [4.69, 9.17) is 21.7 Å². The average molecular weight is 248 g/mol. The van der Waals surface area contributed by atoms with Crippen LogP contribution in [0, 0.1) is 11.3 Å². The molecule has 0 saturated heterocycles. The first-order valence-electron chi connectivity index (χ1n) is 5.07. The molecule has 0 aliphatic carbocycles. The minimum Gasteiger partial charge on any atom is -0.406 e. The number of aromatic nitrogens is 2. The van der Waals surface area contributed by atoms with Gasteiger partial charge >= 0.3 is 0 Å². The van der Waals surface area contributed by atoms with Crippen LogP contribution in [0.15, 0.2) is 36.5 Å². The van der Waals surface area contributed by atoms with Crippen LogP contribution in [0.4, 0.5) is 0 Å². The lowest BCUT2D eigenvalue weighted by Gasteiger charge is -2.09. The van der Waals surface area contributed by atoms with E-state index in [1.165, 1.54) is 10.9 Å². The SMILES string of the molecule is N#CCc1cnc(Cl)n1OCc1ccccc1. The highest BCUT2D eigenvalue weighted by Crippen LogP contribution is 2.10. The van der Waals surface area contributed by atoms with E-state index in [-0.39, 0.29) is 11.7 Å². The van der Waals surface area contributed by atoms with Crippen LogP contribution in [0.1, 0.15) is 11.3 Å². The fraction of sp³-hybridized carbons (Fsp3) is 0.167. The Balaban J connectivity index is 2.09. The van der Waals surface area contributed by atoms with E-state index < -0.39 is 0 Å². The van der Waals surface area contributed by atoms with Crippen molar-refractivity contribution >= 4 is 11.6 Å². The Kier molecular flexibility index (Phi) is 3.63. The van der Waals surface area contributed by atoms with E-state index in [2.05, 4.69) is 4.98 Å². The lowest BCUT2D eigenvalue weighted by molar-refractivity contribution is 0.0924. The van der Waals surface area contributed by atoms with Crippen molar-refractivity contribution in [1.29, 1.82) is 5.26 Å². The van der Waals surface area contributed by atoms with Gasteiger partial charge in [0.25, 0.3) is 0 Å². The largest absolute Gasteiger partial charge is 0.406 e. The molecule has 0 radical (unpaired) electrons. The predicted octanol–water partition coefficient (Wildman–Crippen LogP) is 2.23. The zero-order valence-corrected chi connectivity index (χ0v) is 9.76. The second-order valence-corrected chi connectivity index (χ2v) is 3.74. The number of hydrogen-bond donors (Lipinski definition) is 0. The van der Waals surface area contributed by atoms with Crippen LogP contribution in [-0.2, 0) is 13.0 Å². The molecule has 0 N–H and O–H groups in total. The summed E-state index contributed by atoms with van der Waals surface area (Å²) in [6.07, 6.45) is 1.76. The van der Waals surface area contributed by atoms with Gasteiger partial charge < -0.3 is 4.84 Å². The second kappa shape index (κ2) is 5.37. The van der Waals surface area contributed by atoms with Crippen molar-refractivity contribution < 1.29 is 4.84 Å². The molecule has 4 nitrogen and oxygen atoms in total. The Hall–Kier alpha value is -1.99. The summed E-state index contributed by atoms with van der Waals surface area (Å²) in [5.74, 6) is 0. The standard InChI is InChI=1S/C12H10ClN3O/c13-12-15-8-11(6-7-14)16(12)17-9-10-4-2-1-3-5-10/h1-5,8H,6,9H2. The van der Waals surface area contributed by atoms with Crippen molar-refractivity contribution in [3.8, 4) is 6.07 Å². The maximum Gasteiger partial charge on any atom is 0.236 e. The maximum atomic E-state index is 8.65. The van der Waals surface area contributed by atoms with Crippen LogP contribution >= 0.6 is 11.6 Å². The fourth-order valence-corrected chi connectivity index (χ4v) is 1.61. The molecule has 0 aliphatic rings. The van der Waals surface area contributed by atoms with Crippen molar-refractivity contribution in [3.63, 3.8) is 0 Å². The highest BCUT2D eigenvalue weighted by Gasteiger charge is 2.08. The fourth-order valence-electron chi connectivity index (χ4n) is 1.40. The molecule has 0 amide bonds. The van der Waals surface area contributed by atoms with E-state index in [9.17, 15) is 0 Å². The lowest BCUT2D eigenvalue weighted by Crippen LogP contribution is -2.14. The van der Waals surface area contributed by atoms with Crippen LogP contribution in [0.3, 0.4) is 0 Å². The average Bonchev–Trinajstić information content (AvgIpc) is 2.70. The number of hydrogen-bond acceptors (Lipinski definition) is 3. The molecule has 0 unspecified atom stereocenters. The van der Waals surface area contributed by atoms with E-state index in [1.807, 2.05) is 36.4 Å². The van der Waals surface area contributed by atoms with E-state index in [1.54, 1.807) is 0 Å². The molecule has 2 rings (SSSR count). The summed E-state index contributed by atoms with van der Waals surface area (Å²) in [6, 6.07) is 11.8. The summed E-state index contributed by atoms with van der Waals surface area (Å²) < 4.78 is 1.39. The molecule has 0 saturated carbocycles. The minimum absolute atomic E-state index is 0.217. The van der Waals surface area contributed by atoms with Gasteiger partial charge in [-0.15, -0.1) is 0 Å². The zero-order valence-electron chi connectivity index (χ0n) is 9.01. The van der Waals surface area contributed by atoms with Gasteiger partial charge in [-0.25, -0.2) is 4.98 Å². The number of rotatable bonds is 4. The highest BCUT2D eigenvalue weighted by molar-refractivity contribution is 6.28. The molecule has 2 aromatic rings. The summed E-state index contributed by atoms with van der Waals surface area (Å²) in [6.45, 7) is 0.384. The van der Waals surface area contributed by atoms with Gasteiger partial charge in [0.1, 0.15) is 6.61 Å². The number of nitrogens with zero attached hydrogens (tertiary/aromatic N) is 3. The zero-order chi connectivity index (χ0) is 12.1. The molecule has 1 aromatic carbocycles. The lowest BCUT2D eigenvalue weighted by atomic mass is 10.2. The number of nitriles is 1. The first-order valence-corrected chi connectivity index (χ1v) is 5.45. The van der Waals surface area contributed by atoms with Crippen LogP contribution in [-0.4, -0.2) is 9.71 Å². The molecule has 1 aromatic heterocycles. The molecule has 0 bridgehead atoms. The molecule has 0 spiro atoms. The second-order valence-electron chi connectivity index (χ2n) is 3.41. The van der Waals surface area contributed by atoms with Gasteiger partial charge in [0.2, 0.25) is 5.28 Å². The minimum atomic E-state index is 0.217. The summed E-state index contributed by atoms with van der Waals surface area (Å²) in [4.78, 5) is 9.42. The van der Waals surface area contributed by atoms with Gasteiger partial charge in [0.05, 0.1) is 24.4 Å². The molecular formula is C12H10ClN3O.